The number of aromatic nitrogens is 3. The van der Waals surface area contributed by atoms with E-state index in [2.05, 4.69) is 25.2 Å². The summed E-state index contributed by atoms with van der Waals surface area (Å²) in [4.78, 5) is 15.3. The van der Waals surface area contributed by atoms with Crippen molar-refractivity contribution >= 4 is 11.8 Å². The molecule has 110 valence electrons. The SMILES string of the molecule is Cc1cc(CNc2ccc(F)cn2)nc(N2CCCC2)n1. The number of nitrogens with one attached hydrogen (secondary N) is 1. The molecular weight excluding hydrogens is 269 g/mol. The van der Waals surface area contributed by atoms with Crippen molar-refractivity contribution in [1.29, 1.82) is 0 Å². The second-order valence-corrected chi connectivity index (χ2v) is 5.21. The number of aryl methyl sites for hydroxylation is 1. The molecule has 5 nitrogen and oxygen atoms in total. The number of hydrogen-bond acceptors (Lipinski definition) is 5. The fourth-order valence-electron chi connectivity index (χ4n) is 2.43. The van der Waals surface area contributed by atoms with Gasteiger partial charge in [0.25, 0.3) is 0 Å². The summed E-state index contributed by atoms with van der Waals surface area (Å²) in [5, 5.41) is 3.15. The molecule has 6 heteroatoms. The minimum Gasteiger partial charge on any atom is -0.364 e. The van der Waals surface area contributed by atoms with E-state index in [1.807, 2.05) is 13.0 Å². The van der Waals surface area contributed by atoms with E-state index >= 15 is 0 Å². The lowest BCUT2D eigenvalue weighted by atomic mass is 10.3. The predicted molar refractivity (Wildman–Crippen MR) is 79.7 cm³/mol. The number of anilines is 2. The van der Waals surface area contributed by atoms with Crippen LogP contribution in [0.15, 0.2) is 24.4 Å². The number of hydrogen-bond donors (Lipinski definition) is 1. The summed E-state index contributed by atoms with van der Waals surface area (Å²) in [7, 11) is 0. The van der Waals surface area contributed by atoms with E-state index in [9.17, 15) is 4.39 Å². The predicted octanol–water partition coefficient (Wildman–Crippen LogP) is 2.53. The quantitative estimate of drug-likeness (QED) is 0.936. The largest absolute Gasteiger partial charge is 0.364 e. The standard InChI is InChI=1S/C15H18FN5/c1-11-8-13(10-18-14-5-4-12(16)9-17-14)20-15(19-11)21-6-2-3-7-21/h4-5,8-9H,2-3,6-7,10H2,1H3,(H,17,18). The van der Waals surface area contributed by atoms with Crippen LogP contribution < -0.4 is 10.2 Å². The van der Waals surface area contributed by atoms with Gasteiger partial charge in [0, 0.05) is 18.8 Å². The molecule has 1 fully saturated rings. The lowest BCUT2D eigenvalue weighted by Crippen LogP contribution is -2.21. The fraction of sp³-hybridized carbons (Fsp3) is 0.400. The molecule has 1 saturated heterocycles. The van der Waals surface area contributed by atoms with Crippen molar-refractivity contribution in [3.05, 3.63) is 41.6 Å². The molecule has 0 aromatic carbocycles. The lowest BCUT2D eigenvalue weighted by Gasteiger charge is -2.16. The van der Waals surface area contributed by atoms with Gasteiger partial charge in [-0.2, -0.15) is 0 Å². The molecule has 1 aliphatic rings. The molecule has 0 saturated carbocycles. The van der Waals surface area contributed by atoms with Crippen molar-refractivity contribution in [2.75, 3.05) is 23.3 Å². The number of nitrogens with zero attached hydrogens (tertiary/aromatic N) is 4. The Kier molecular flexibility index (Phi) is 3.94. The molecule has 3 heterocycles. The molecule has 0 spiro atoms. The molecule has 2 aromatic heterocycles. The van der Waals surface area contributed by atoms with Crippen molar-refractivity contribution in [3.63, 3.8) is 0 Å². The van der Waals surface area contributed by atoms with Gasteiger partial charge in [-0.05, 0) is 38.0 Å². The average molecular weight is 287 g/mol. The highest BCUT2D eigenvalue weighted by atomic mass is 19.1. The lowest BCUT2D eigenvalue weighted by molar-refractivity contribution is 0.621. The van der Waals surface area contributed by atoms with Crippen LogP contribution in [0.4, 0.5) is 16.2 Å². The van der Waals surface area contributed by atoms with Crippen LogP contribution in [-0.4, -0.2) is 28.0 Å². The van der Waals surface area contributed by atoms with E-state index in [1.165, 1.54) is 25.1 Å². The molecule has 3 rings (SSSR count). The highest BCUT2D eigenvalue weighted by molar-refractivity contribution is 5.37. The number of halogens is 1. The minimum absolute atomic E-state index is 0.338. The highest BCUT2D eigenvalue weighted by Gasteiger charge is 2.15. The van der Waals surface area contributed by atoms with Gasteiger partial charge < -0.3 is 10.2 Å². The second kappa shape index (κ2) is 6.03. The van der Waals surface area contributed by atoms with Crippen LogP contribution in [0.2, 0.25) is 0 Å². The van der Waals surface area contributed by atoms with Crippen LogP contribution in [0.1, 0.15) is 24.2 Å². The van der Waals surface area contributed by atoms with E-state index in [-0.39, 0.29) is 5.82 Å². The Bertz CT molecular complexity index is 608. The minimum atomic E-state index is -0.338. The van der Waals surface area contributed by atoms with E-state index in [0.717, 1.165) is 30.4 Å². The molecular formula is C15H18FN5. The molecule has 2 aromatic rings. The van der Waals surface area contributed by atoms with Gasteiger partial charge in [-0.3, -0.25) is 0 Å². The molecule has 1 N–H and O–H groups in total. The third-order valence-electron chi connectivity index (χ3n) is 3.46. The zero-order chi connectivity index (χ0) is 14.7. The first kappa shape index (κ1) is 13.7. The summed E-state index contributed by atoms with van der Waals surface area (Å²) in [6, 6.07) is 4.96. The van der Waals surface area contributed by atoms with Gasteiger partial charge in [-0.1, -0.05) is 0 Å². The van der Waals surface area contributed by atoms with Crippen LogP contribution in [0.25, 0.3) is 0 Å². The van der Waals surface area contributed by atoms with Gasteiger partial charge in [0.05, 0.1) is 18.4 Å². The van der Waals surface area contributed by atoms with E-state index in [4.69, 9.17) is 0 Å². The smallest absolute Gasteiger partial charge is 0.225 e. The Morgan fingerprint density at radius 3 is 2.76 bits per heavy atom. The number of pyridine rings is 1. The molecule has 21 heavy (non-hydrogen) atoms. The van der Waals surface area contributed by atoms with Crippen molar-refractivity contribution in [2.24, 2.45) is 0 Å². The monoisotopic (exact) mass is 287 g/mol. The molecule has 0 amide bonds. The Labute approximate surface area is 123 Å². The van der Waals surface area contributed by atoms with Crippen LogP contribution in [0.5, 0.6) is 0 Å². The van der Waals surface area contributed by atoms with Crippen LogP contribution in [0, 0.1) is 12.7 Å². The van der Waals surface area contributed by atoms with E-state index < -0.39 is 0 Å². The molecule has 0 bridgehead atoms. The van der Waals surface area contributed by atoms with E-state index in [1.54, 1.807) is 6.07 Å². The summed E-state index contributed by atoms with van der Waals surface area (Å²) in [5.74, 6) is 1.10. The third kappa shape index (κ3) is 3.45. The van der Waals surface area contributed by atoms with Gasteiger partial charge in [0.2, 0.25) is 5.95 Å². The van der Waals surface area contributed by atoms with Crippen molar-refractivity contribution in [2.45, 2.75) is 26.3 Å². The molecule has 0 unspecified atom stereocenters. The van der Waals surface area contributed by atoms with Crippen LogP contribution in [-0.2, 0) is 6.54 Å². The van der Waals surface area contributed by atoms with Crippen LogP contribution in [0.3, 0.4) is 0 Å². The maximum absolute atomic E-state index is 12.8. The first-order chi connectivity index (χ1) is 10.2. The average Bonchev–Trinajstić information content (AvgIpc) is 3.00. The highest BCUT2D eigenvalue weighted by Crippen LogP contribution is 2.17. The summed E-state index contributed by atoms with van der Waals surface area (Å²) >= 11 is 0. The van der Waals surface area contributed by atoms with Gasteiger partial charge in [-0.25, -0.2) is 19.3 Å². The first-order valence-electron chi connectivity index (χ1n) is 7.16. The van der Waals surface area contributed by atoms with Gasteiger partial charge >= 0.3 is 0 Å². The Hall–Kier alpha value is -2.24. The summed E-state index contributed by atoms with van der Waals surface area (Å²) in [6.07, 6.45) is 3.60. The second-order valence-electron chi connectivity index (χ2n) is 5.21. The van der Waals surface area contributed by atoms with Crippen LogP contribution >= 0.6 is 0 Å². The maximum atomic E-state index is 12.8. The summed E-state index contributed by atoms with van der Waals surface area (Å²) in [6.45, 7) is 4.56. The number of rotatable bonds is 4. The summed E-state index contributed by atoms with van der Waals surface area (Å²) in [5.41, 5.74) is 1.87. The fourth-order valence-corrected chi connectivity index (χ4v) is 2.43. The Balaban J connectivity index is 1.71. The Morgan fingerprint density at radius 1 is 1.24 bits per heavy atom. The van der Waals surface area contributed by atoms with Crippen molar-refractivity contribution < 1.29 is 4.39 Å². The Morgan fingerprint density at radius 2 is 2.05 bits per heavy atom. The van der Waals surface area contributed by atoms with Crippen molar-refractivity contribution in [1.82, 2.24) is 15.0 Å². The normalized spacial score (nSPS) is 14.5. The molecule has 1 aliphatic heterocycles. The molecule has 0 atom stereocenters. The zero-order valence-electron chi connectivity index (χ0n) is 12.0. The first-order valence-corrected chi connectivity index (χ1v) is 7.16. The summed E-state index contributed by atoms with van der Waals surface area (Å²) < 4.78 is 12.8. The third-order valence-corrected chi connectivity index (χ3v) is 3.46. The maximum Gasteiger partial charge on any atom is 0.225 e. The molecule has 0 radical (unpaired) electrons. The van der Waals surface area contributed by atoms with E-state index in [0.29, 0.717) is 12.4 Å². The van der Waals surface area contributed by atoms with Gasteiger partial charge in [-0.15, -0.1) is 0 Å². The van der Waals surface area contributed by atoms with Crippen molar-refractivity contribution in [3.8, 4) is 0 Å². The molecule has 0 aliphatic carbocycles. The van der Waals surface area contributed by atoms with Gasteiger partial charge in [0.1, 0.15) is 11.6 Å². The topological polar surface area (TPSA) is 53.9 Å². The zero-order valence-corrected chi connectivity index (χ0v) is 12.0. The van der Waals surface area contributed by atoms with Gasteiger partial charge in [0.15, 0.2) is 0 Å².